The third kappa shape index (κ3) is 7.30. The predicted octanol–water partition coefficient (Wildman–Crippen LogP) is 3.98. The van der Waals surface area contributed by atoms with Gasteiger partial charge in [-0.25, -0.2) is 4.79 Å². The third-order valence-corrected chi connectivity index (χ3v) is 3.29. The van der Waals surface area contributed by atoms with E-state index in [1.165, 1.54) is 11.1 Å². The van der Waals surface area contributed by atoms with Crippen molar-refractivity contribution >= 4 is 35.5 Å². The Hall–Kier alpha value is -1.03. The van der Waals surface area contributed by atoms with Gasteiger partial charge in [0, 0.05) is 0 Å². The summed E-state index contributed by atoms with van der Waals surface area (Å²) in [5, 5.41) is 9.06. The van der Waals surface area contributed by atoms with E-state index < -0.39 is 5.97 Å². The number of carboxylic acid groups (broad SMARTS) is 1. The van der Waals surface area contributed by atoms with Gasteiger partial charge in [0.1, 0.15) is 5.75 Å². The van der Waals surface area contributed by atoms with Crippen LogP contribution in [0.4, 0.5) is 0 Å². The number of allylic oxidation sites excluding steroid dienone is 4. The average molecular weight is 312 g/mol. The Morgan fingerprint density at radius 1 is 1.23 bits per heavy atom. The predicted molar refractivity (Wildman–Crippen MR) is 93.2 cm³/mol. The van der Waals surface area contributed by atoms with Crippen LogP contribution in [0.25, 0.3) is 0 Å². The SMILES string of the molecule is COc1ccc(C(=O)O)cc1CC=C(C)CCC=C(C)C.[NaH]. The first-order valence-corrected chi connectivity index (χ1v) is 7.13. The molecule has 0 aromatic heterocycles. The van der Waals surface area contributed by atoms with E-state index in [0.29, 0.717) is 12.0 Å². The van der Waals surface area contributed by atoms with Gasteiger partial charge in [0.25, 0.3) is 0 Å². The molecule has 0 aliphatic carbocycles. The summed E-state index contributed by atoms with van der Waals surface area (Å²) in [7, 11) is 1.60. The molecule has 0 heterocycles. The zero-order valence-corrected chi connectivity index (χ0v) is 13.3. The Kier molecular flexibility index (Phi) is 10.2. The van der Waals surface area contributed by atoms with E-state index >= 15 is 0 Å². The Bertz CT molecular complexity index is 555. The standard InChI is InChI=1S/C18H24O3.Na.H/c1-13(2)6-5-7-14(3)8-9-15-12-16(18(19)20)10-11-17(15)21-4;;/h6,8,10-12H,5,7,9H2,1-4H3,(H,19,20);;. The Balaban J connectivity index is 0.00000441. The number of benzene rings is 1. The van der Waals surface area contributed by atoms with Crippen LogP contribution in [-0.2, 0) is 6.42 Å². The van der Waals surface area contributed by atoms with Crippen molar-refractivity contribution in [2.45, 2.75) is 40.0 Å². The van der Waals surface area contributed by atoms with E-state index in [9.17, 15) is 4.79 Å². The van der Waals surface area contributed by atoms with E-state index in [4.69, 9.17) is 9.84 Å². The molecule has 0 atom stereocenters. The second-order valence-electron chi connectivity index (χ2n) is 5.41. The van der Waals surface area contributed by atoms with Gasteiger partial charge in [-0.1, -0.05) is 23.3 Å². The fraction of sp³-hybridized carbons (Fsp3) is 0.389. The van der Waals surface area contributed by atoms with E-state index in [0.717, 1.165) is 24.2 Å². The molecular formula is C18H25NaO3. The van der Waals surface area contributed by atoms with E-state index in [-0.39, 0.29) is 29.6 Å². The second kappa shape index (κ2) is 10.7. The second-order valence-corrected chi connectivity index (χ2v) is 5.41. The topological polar surface area (TPSA) is 46.5 Å². The van der Waals surface area contributed by atoms with Crippen LogP contribution in [0.1, 0.15) is 49.5 Å². The molecule has 0 amide bonds. The number of methoxy groups -OCH3 is 1. The van der Waals surface area contributed by atoms with Crippen molar-refractivity contribution in [1.82, 2.24) is 0 Å². The van der Waals surface area contributed by atoms with Crippen LogP contribution in [0.15, 0.2) is 41.5 Å². The summed E-state index contributed by atoms with van der Waals surface area (Å²) in [6.45, 7) is 6.30. The molecule has 3 nitrogen and oxygen atoms in total. The summed E-state index contributed by atoms with van der Waals surface area (Å²) < 4.78 is 5.29. The fourth-order valence-electron chi connectivity index (χ4n) is 2.05. The summed E-state index contributed by atoms with van der Waals surface area (Å²) in [4.78, 5) is 11.0. The molecule has 1 aromatic rings. The van der Waals surface area contributed by atoms with Gasteiger partial charge < -0.3 is 9.84 Å². The minimum atomic E-state index is -0.914. The van der Waals surface area contributed by atoms with Crippen molar-refractivity contribution < 1.29 is 14.6 Å². The number of rotatable bonds is 7. The minimum absolute atomic E-state index is 0. The fourth-order valence-corrected chi connectivity index (χ4v) is 2.05. The van der Waals surface area contributed by atoms with Gasteiger partial charge in [0.2, 0.25) is 0 Å². The quantitative estimate of drug-likeness (QED) is 0.612. The molecule has 0 unspecified atom stereocenters. The van der Waals surface area contributed by atoms with Gasteiger partial charge >= 0.3 is 35.5 Å². The van der Waals surface area contributed by atoms with Gasteiger partial charge in [-0.05, 0) is 63.8 Å². The van der Waals surface area contributed by atoms with Crippen molar-refractivity contribution in [3.8, 4) is 5.75 Å². The maximum atomic E-state index is 11.0. The van der Waals surface area contributed by atoms with Crippen LogP contribution >= 0.6 is 0 Å². The molecular weight excluding hydrogens is 287 g/mol. The van der Waals surface area contributed by atoms with Crippen molar-refractivity contribution in [1.29, 1.82) is 0 Å². The molecule has 0 aliphatic heterocycles. The Labute approximate surface area is 155 Å². The molecule has 1 aromatic carbocycles. The number of hydrogen-bond donors (Lipinski definition) is 1. The number of hydrogen-bond acceptors (Lipinski definition) is 2. The summed E-state index contributed by atoms with van der Waals surface area (Å²) in [6, 6.07) is 4.96. The molecule has 1 N–H and O–H groups in total. The number of ether oxygens (including phenoxy) is 1. The van der Waals surface area contributed by atoms with Crippen LogP contribution in [0, 0.1) is 0 Å². The summed E-state index contributed by atoms with van der Waals surface area (Å²) >= 11 is 0. The summed E-state index contributed by atoms with van der Waals surface area (Å²) in [5.74, 6) is -0.184. The van der Waals surface area contributed by atoms with Gasteiger partial charge in [0.05, 0.1) is 12.7 Å². The molecule has 0 bridgehead atoms. The maximum absolute atomic E-state index is 11.0. The van der Waals surface area contributed by atoms with Crippen molar-refractivity contribution in [2.24, 2.45) is 0 Å². The van der Waals surface area contributed by atoms with Crippen LogP contribution in [0.3, 0.4) is 0 Å². The monoisotopic (exact) mass is 312 g/mol. The third-order valence-electron chi connectivity index (χ3n) is 3.29. The molecule has 4 heteroatoms. The van der Waals surface area contributed by atoms with E-state index in [1.54, 1.807) is 25.3 Å². The molecule has 0 spiro atoms. The number of carbonyl (C=O) groups is 1. The number of aromatic carboxylic acids is 1. The summed E-state index contributed by atoms with van der Waals surface area (Å²) in [5.41, 5.74) is 3.83. The van der Waals surface area contributed by atoms with E-state index in [2.05, 4.69) is 32.9 Å². The molecule has 116 valence electrons. The zero-order chi connectivity index (χ0) is 15.8. The molecule has 0 fully saturated rings. The van der Waals surface area contributed by atoms with Gasteiger partial charge in [-0.2, -0.15) is 0 Å². The van der Waals surface area contributed by atoms with Crippen LogP contribution < -0.4 is 4.74 Å². The first-order chi connectivity index (χ1) is 9.93. The van der Waals surface area contributed by atoms with Gasteiger partial charge in [-0.3, -0.25) is 0 Å². The number of carboxylic acids is 1. The Morgan fingerprint density at radius 3 is 2.45 bits per heavy atom. The summed E-state index contributed by atoms with van der Waals surface area (Å²) in [6.07, 6.45) is 7.11. The molecule has 0 aliphatic rings. The molecule has 0 radical (unpaired) electrons. The zero-order valence-electron chi connectivity index (χ0n) is 13.3. The molecule has 0 saturated heterocycles. The van der Waals surface area contributed by atoms with Crippen LogP contribution in [0.2, 0.25) is 0 Å². The van der Waals surface area contributed by atoms with Crippen molar-refractivity contribution in [3.63, 3.8) is 0 Å². The van der Waals surface area contributed by atoms with Gasteiger partial charge in [0.15, 0.2) is 0 Å². The molecule has 1 rings (SSSR count). The van der Waals surface area contributed by atoms with Crippen molar-refractivity contribution in [3.05, 3.63) is 52.6 Å². The van der Waals surface area contributed by atoms with Gasteiger partial charge in [-0.15, -0.1) is 0 Å². The molecule has 0 saturated carbocycles. The molecule has 22 heavy (non-hydrogen) atoms. The average Bonchev–Trinajstić information content (AvgIpc) is 2.44. The Morgan fingerprint density at radius 2 is 1.91 bits per heavy atom. The first kappa shape index (κ1) is 21.0. The first-order valence-electron chi connectivity index (χ1n) is 7.13. The van der Waals surface area contributed by atoms with E-state index in [1.807, 2.05) is 0 Å². The normalized spacial score (nSPS) is 10.6. The van der Waals surface area contributed by atoms with Crippen molar-refractivity contribution in [2.75, 3.05) is 7.11 Å². The van der Waals surface area contributed by atoms with Crippen LogP contribution in [-0.4, -0.2) is 47.7 Å². The van der Waals surface area contributed by atoms with Crippen LogP contribution in [0.5, 0.6) is 5.75 Å².